The zero-order valence-electron chi connectivity index (χ0n) is 25.4. The van der Waals surface area contributed by atoms with Crippen LogP contribution in [0, 0.1) is 0 Å². The molecule has 0 saturated heterocycles. The van der Waals surface area contributed by atoms with Crippen molar-refractivity contribution in [1.82, 2.24) is 15.6 Å². The van der Waals surface area contributed by atoms with E-state index in [2.05, 4.69) is 15.6 Å². The molecule has 8 nitrogen and oxygen atoms in total. The van der Waals surface area contributed by atoms with Crippen molar-refractivity contribution >= 4 is 12.2 Å². The van der Waals surface area contributed by atoms with Gasteiger partial charge in [-0.1, -0.05) is 91.0 Å². The molecule has 0 aliphatic heterocycles. The summed E-state index contributed by atoms with van der Waals surface area (Å²) in [5, 5.41) is 27.0. The average Bonchev–Trinajstić information content (AvgIpc) is 2.99. The number of carboxylic acid groups (broad SMARTS) is 1. The fourth-order valence-corrected chi connectivity index (χ4v) is 5.36. The van der Waals surface area contributed by atoms with Crippen molar-refractivity contribution in [1.29, 1.82) is 0 Å². The predicted octanol–water partition coefficient (Wildman–Crippen LogP) is 6.60. The Hall–Kier alpha value is -4.69. The Morgan fingerprint density at radius 1 is 0.795 bits per heavy atom. The maximum absolute atomic E-state index is 13.1. The first-order valence-electron chi connectivity index (χ1n) is 14.8. The summed E-state index contributed by atoms with van der Waals surface area (Å²) in [6.07, 6.45) is -0.266. The van der Waals surface area contributed by atoms with E-state index in [1.54, 1.807) is 27.0 Å². The molecule has 2 amide bonds. The normalized spacial score (nSPS) is 14.1. The highest BCUT2D eigenvalue weighted by atomic mass is 16.6. The second-order valence-electron chi connectivity index (χ2n) is 11.9. The molecular weight excluding hydrogens is 554 g/mol. The summed E-state index contributed by atoms with van der Waals surface area (Å²) in [6, 6.07) is 31.7. The van der Waals surface area contributed by atoms with E-state index in [9.17, 15) is 19.8 Å². The van der Waals surface area contributed by atoms with E-state index in [1.807, 2.05) is 103 Å². The van der Waals surface area contributed by atoms with Crippen molar-refractivity contribution in [3.63, 3.8) is 0 Å². The maximum Gasteiger partial charge on any atom is 0.407 e. The smallest absolute Gasteiger partial charge is 0.407 e. The number of alkyl carbamates (subject to hydrolysis) is 1. The van der Waals surface area contributed by atoms with Crippen LogP contribution in [-0.2, 0) is 17.6 Å². The molecule has 3 aromatic carbocycles. The minimum Gasteiger partial charge on any atom is -0.465 e. The van der Waals surface area contributed by atoms with Gasteiger partial charge in [0.25, 0.3) is 0 Å². The summed E-state index contributed by atoms with van der Waals surface area (Å²) in [4.78, 5) is 29.3. The van der Waals surface area contributed by atoms with E-state index >= 15 is 0 Å². The molecular formula is C36H41N3O5. The van der Waals surface area contributed by atoms with Gasteiger partial charge in [-0.05, 0) is 68.9 Å². The van der Waals surface area contributed by atoms with E-state index in [1.165, 1.54) is 0 Å². The highest BCUT2D eigenvalue weighted by molar-refractivity contribution is 5.68. The minimum absolute atomic E-state index is 0.0624. The maximum atomic E-state index is 13.1. The molecule has 1 heterocycles. The van der Waals surface area contributed by atoms with Crippen LogP contribution >= 0.6 is 0 Å². The van der Waals surface area contributed by atoms with Crippen molar-refractivity contribution in [2.75, 3.05) is 0 Å². The molecule has 0 fully saturated rings. The Morgan fingerprint density at radius 3 is 2.00 bits per heavy atom. The van der Waals surface area contributed by atoms with Crippen LogP contribution in [-0.4, -0.2) is 51.2 Å². The van der Waals surface area contributed by atoms with E-state index in [0.717, 1.165) is 27.9 Å². The second kappa shape index (κ2) is 15.2. The van der Waals surface area contributed by atoms with Gasteiger partial charge in [0.2, 0.25) is 0 Å². The number of nitrogens with zero attached hydrogens (tertiary/aromatic N) is 1. The molecule has 4 rings (SSSR count). The lowest BCUT2D eigenvalue weighted by molar-refractivity contribution is 0.0367. The van der Waals surface area contributed by atoms with Crippen molar-refractivity contribution in [2.24, 2.45) is 0 Å². The molecule has 0 aliphatic carbocycles. The Bertz CT molecular complexity index is 1460. The molecule has 2 unspecified atom stereocenters. The third kappa shape index (κ3) is 9.95. The average molecular weight is 596 g/mol. The number of benzene rings is 3. The lowest BCUT2D eigenvalue weighted by Gasteiger charge is -2.34. The summed E-state index contributed by atoms with van der Waals surface area (Å²) in [5.74, 6) is -0.329. The largest absolute Gasteiger partial charge is 0.465 e. The second-order valence-corrected chi connectivity index (χ2v) is 11.9. The van der Waals surface area contributed by atoms with E-state index < -0.39 is 36.0 Å². The molecule has 4 aromatic rings. The summed E-state index contributed by atoms with van der Waals surface area (Å²) >= 11 is 0. The van der Waals surface area contributed by atoms with Crippen molar-refractivity contribution < 1.29 is 24.5 Å². The molecule has 0 radical (unpaired) electrons. The third-order valence-electron chi connectivity index (χ3n) is 7.31. The van der Waals surface area contributed by atoms with Gasteiger partial charge in [0.1, 0.15) is 5.60 Å². The van der Waals surface area contributed by atoms with Gasteiger partial charge >= 0.3 is 12.2 Å². The number of hydrogen-bond acceptors (Lipinski definition) is 5. The van der Waals surface area contributed by atoms with E-state index in [0.29, 0.717) is 12.8 Å². The molecule has 44 heavy (non-hydrogen) atoms. The molecule has 0 spiro atoms. The van der Waals surface area contributed by atoms with Crippen molar-refractivity contribution in [3.05, 3.63) is 126 Å². The molecule has 1 aromatic heterocycles. The molecule has 0 saturated carbocycles. The lowest BCUT2D eigenvalue weighted by atomic mass is 9.81. The number of aliphatic hydroxyl groups excluding tert-OH is 1. The van der Waals surface area contributed by atoms with Gasteiger partial charge in [0, 0.05) is 23.7 Å². The van der Waals surface area contributed by atoms with Crippen LogP contribution in [0.3, 0.4) is 0 Å². The highest BCUT2D eigenvalue weighted by Gasteiger charge is 2.34. The number of rotatable bonds is 12. The van der Waals surface area contributed by atoms with Crippen LogP contribution in [0.2, 0.25) is 0 Å². The van der Waals surface area contributed by atoms with Crippen LogP contribution in [0.1, 0.15) is 49.8 Å². The van der Waals surface area contributed by atoms with Gasteiger partial charge in [-0.25, -0.2) is 9.59 Å². The van der Waals surface area contributed by atoms with Gasteiger partial charge in [0.05, 0.1) is 17.8 Å². The summed E-state index contributed by atoms with van der Waals surface area (Å²) < 4.78 is 5.59. The van der Waals surface area contributed by atoms with Gasteiger partial charge in [-0.15, -0.1) is 0 Å². The minimum atomic E-state index is -1.19. The van der Waals surface area contributed by atoms with Crippen LogP contribution < -0.4 is 10.6 Å². The summed E-state index contributed by atoms with van der Waals surface area (Å²) in [5.41, 5.74) is 3.93. The van der Waals surface area contributed by atoms with Crippen LogP contribution in [0.4, 0.5) is 9.59 Å². The van der Waals surface area contributed by atoms with Crippen molar-refractivity contribution in [3.8, 4) is 11.3 Å². The van der Waals surface area contributed by atoms with Crippen LogP contribution in [0.25, 0.3) is 11.3 Å². The number of ether oxygens (including phenoxy) is 1. The zero-order chi connectivity index (χ0) is 31.5. The van der Waals surface area contributed by atoms with Crippen molar-refractivity contribution in [2.45, 2.75) is 69.7 Å². The molecule has 4 atom stereocenters. The van der Waals surface area contributed by atoms with Crippen LogP contribution in [0.15, 0.2) is 109 Å². The van der Waals surface area contributed by atoms with Gasteiger partial charge in [-0.3, -0.25) is 4.98 Å². The fraction of sp³-hybridized carbons (Fsp3) is 0.306. The van der Waals surface area contributed by atoms with Gasteiger partial charge in [0.15, 0.2) is 0 Å². The lowest BCUT2D eigenvalue weighted by Crippen LogP contribution is -2.51. The number of aromatic nitrogens is 1. The number of aliphatic hydroxyl groups is 1. The fourth-order valence-electron chi connectivity index (χ4n) is 5.36. The van der Waals surface area contributed by atoms with Gasteiger partial charge in [-0.2, -0.15) is 0 Å². The molecule has 230 valence electrons. The molecule has 0 aliphatic rings. The predicted molar refractivity (Wildman–Crippen MR) is 171 cm³/mol. The first-order chi connectivity index (χ1) is 21.1. The number of nitrogens with one attached hydrogen (secondary N) is 2. The first-order valence-corrected chi connectivity index (χ1v) is 14.8. The quantitative estimate of drug-likeness (QED) is 0.147. The Balaban J connectivity index is 1.61. The highest BCUT2D eigenvalue weighted by Crippen LogP contribution is 2.29. The first kappa shape index (κ1) is 32.2. The monoisotopic (exact) mass is 595 g/mol. The van der Waals surface area contributed by atoms with Crippen LogP contribution in [0.5, 0.6) is 0 Å². The zero-order valence-corrected chi connectivity index (χ0v) is 25.4. The number of carbonyl (C=O) groups is 2. The van der Waals surface area contributed by atoms with E-state index in [-0.39, 0.29) is 12.3 Å². The number of amides is 2. The third-order valence-corrected chi connectivity index (χ3v) is 7.31. The topological polar surface area (TPSA) is 121 Å². The summed E-state index contributed by atoms with van der Waals surface area (Å²) in [7, 11) is 0. The standard InChI is InChI=1S/C36H41N3O5/c1-36(2,3)44-35(43)39-33(30(27-14-8-5-9-15-27)23-25-12-6-4-7-13-25)32(40)24-29(38-34(41)42)22-26-17-19-28(20-18-26)31-16-10-11-21-37-31/h4-21,29-30,32-33,38,40H,22-24H2,1-3H3,(H,39,43)(H,41,42)/t29?,30?,32-,33-/m0/s1. The molecule has 0 bridgehead atoms. The number of hydrogen-bond donors (Lipinski definition) is 4. The Morgan fingerprint density at radius 2 is 1.41 bits per heavy atom. The molecule has 8 heteroatoms. The Labute approximate surface area is 259 Å². The molecule has 4 N–H and O–H groups in total. The number of carbonyl (C=O) groups excluding carboxylic acids is 1. The SMILES string of the molecule is CC(C)(C)OC(=O)N[C@@H](C(Cc1ccccc1)c1ccccc1)[C@@H](O)CC(Cc1ccc(-c2ccccn2)cc1)NC(=O)O. The van der Waals surface area contributed by atoms with Gasteiger partial charge < -0.3 is 25.6 Å². The number of pyridine rings is 1. The van der Waals surface area contributed by atoms with E-state index in [4.69, 9.17) is 4.74 Å². The summed E-state index contributed by atoms with van der Waals surface area (Å²) in [6.45, 7) is 5.34. The Kier molecular flexibility index (Phi) is 11.1.